The van der Waals surface area contributed by atoms with E-state index < -0.39 is 5.82 Å². The maximum atomic E-state index is 13.7. The Balaban J connectivity index is 1.58. The molecule has 4 nitrogen and oxygen atoms in total. The summed E-state index contributed by atoms with van der Waals surface area (Å²) in [6.45, 7) is 3.18. The highest BCUT2D eigenvalue weighted by Gasteiger charge is 2.10. The van der Waals surface area contributed by atoms with Crippen molar-refractivity contribution in [1.82, 2.24) is 4.90 Å². The number of carbonyl (C=O) groups is 1. The molecule has 0 saturated carbocycles. The number of carbonyl (C=O) groups excluding carboxylic acids is 1. The van der Waals surface area contributed by atoms with Gasteiger partial charge < -0.3 is 10.1 Å². The first-order valence-corrected chi connectivity index (χ1v) is 9.28. The topological polar surface area (TPSA) is 41.6 Å². The molecule has 1 aliphatic heterocycles. The van der Waals surface area contributed by atoms with Crippen LogP contribution in [0.15, 0.2) is 48.5 Å². The van der Waals surface area contributed by atoms with Crippen LogP contribution in [-0.2, 0) is 11.3 Å². The zero-order chi connectivity index (χ0) is 19.1. The van der Waals surface area contributed by atoms with E-state index in [-0.39, 0.29) is 11.7 Å². The molecule has 142 valence electrons. The normalized spacial score (nSPS) is 15.0. The van der Waals surface area contributed by atoms with Crippen LogP contribution in [0.3, 0.4) is 0 Å². The lowest BCUT2D eigenvalue weighted by atomic mass is 10.1. The highest BCUT2D eigenvalue weighted by Crippen LogP contribution is 2.19. The molecular weight excluding hydrogens is 343 g/mol. The first-order chi connectivity index (χ1) is 13.1. The van der Waals surface area contributed by atoms with Crippen LogP contribution in [0.4, 0.5) is 10.1 Å². The lowest BCUT2D eigenvalue weighted by molar-refractivity contribution is -0.111. The smallest absolute Gasteiger partial charge is 0.248 e. The molecule has 0 bridgehead atoms. The van der Waals surface area contributed by atoms with Crippen molar-refractivity contribution < 1.29 is 13.9 Å². The number of benzene rings is 2. The Hall–Kier alpha value is -2.66. The van der Waals surface area contributed by atoms with Crippen LogP contribution in [-0.4, -0.2) is 31.0 Å². The molecule has 1 N–H and O–H groups in total. The van der Waals surface area contributed by atoms with E-state index >= 15 is 0 Å². The third-order valence-electron chi connectivity index (χ3n) is 4.65. The SMILES string of the molecule is COc1ccc(/C=C/C(=O)Nc2cccc(CN3CCCCC3)c2)cc1F. The maximum Gasteiger partial charge on any atom is 0.248 e. The van der Waals surface area contributed by atoms with Crippen LogP contribution >= 0.6 is 0 Å². The molecule has 27 heavy (non-hydrogen) atoms. The Bertz CT molecular complexity index is 814. The lowest BCUT2D eigenvalue weighted by Crippen LogP contribution is -2.29. The number of halogens is 1. The van der Waals surface area contributed by atoms with Gasteiger partial charge in [0, 0.05) is 18.3 Å². The van der Waals surface area contributed by atoms with Crippen molar-refractivity contribution in [2.45, 2.75) is 25.8 Å². The van der Waals surface area contributed by atoms with Crippen molar-refractivity contribution in [1.29, 1.82) is 0 Å². The van der Waals surface area contributed by atoms with Crippen molar-refractivity contribution in [3.8, 4) is 5.75 Å². The summed E-state index contributed by atoms with van der Waals surface area (Å²) in [7, 11) is 1.42. The monoisotopic (exact) mass is 368 g/mol. The minimum Gasteiger partial charge on any atom is -0.494 e. The summed E-state index contributed by atoms with van der Waals surface area (Å²) in [6, 6.07) is 12.5. The molecule has 1 aliphatic rings. The number of amides is 1. The number of nitrogens with zero attached hydrogens (tertiary/aromatic N) is 1. The third kappa shape index (κ3) is 5.66. The number of likely N-dealkylation sites (tertiary alicyclic amines) is 1. The molecule has 2 aromatic carbocycles. The molecule has 1 saturated heterocycles. The molecule has 3 rings (SSSR count). The van der Waals surface area contributed by atoms with Gasteiger partial charge in [-0.1, -0.05) is 24.6 Å². The predicted molar refractivity (Wildman–Crippen MR) is 106 cm³/mol. The molecule has 0 unspecified atom stereocenters. The zero-order valence-electron chi connectivity index (χ0n) is 15.6. The number of rotatable bonds is 6. The number of hydrogen-bond acceptors (Lipinski definition) is 3. The summed E-state index contributed by atoms with van der Waals surface area (Å²) in [5.41, 5.74) is 2.55. The van der Waals surface area contributed by atoms with Crippen LogP contribution in [0.1, 0.15) is 30.4 Å². The number of piperidine rings is 1. The Morgan fingerprint density at radius 1 is 1.19 bits per heavy atom. The molecule has 1 amide bonds. The number of nitrogens with one attached hydrogen (secondary N) is 1. The minimum absolute atomic E-state index is 0.183. The second kappa shape index (κ2) is 9.33. The van der Waals surface area contributed by atoms with Gasteiger partial charge in [-0.15, -0.1) is 0 Å². The number of methoxy groups -OCH3 is 1. The van der Waals surface area contributed by atoms with Crippen LogP contribution in [0, 0.1) is 5.82 Å². The van der Waals surface area contributed by atoms with Crippen molar-refractivity contribution in [3.63, 3.8) is 0 Å². The van der Waals surface area contributed by atoms with E-state index in [9.17, 15) is 9.18 Å². The summed E-state index contributed by atoms with van der Waals surface area (Å²) >= 11 is 0. The first-order valence-electron chi connectivity index (χ1n) is 9.28. The minimum atomic E-state index is -0.453. The van der Waals surface area contributed by atoms with E-state index in [1.807, 2.05) is 18.2 Å². The fourth-order valence-electron chi connectivity index (χ4n) is 3.27. The third-order valence-corrected chi connectivity index (χ3v) is 4.65. The largest absolute Gasteiger partial charge is 0.494 e. The van der Waals surface area contributed by atoms with E-state index in [2.05, 4.69) is 16.3 Å². The van der Waals surface area contributed by atoms with Crippen LogP contribution in [0.2, 0.25) is 0 Å². The highest BCUT2D eigenvalue weighted by molar-refractivity contribution is 6.01. The van der Waals surface area contributed by atoms with E-state index in [4.69, 9.17) is 4.74 Å². The average molecular weight is 368 g/mol. The van der Waals surface area contributed by atoms with Gasteiger partial charge in [0.25, 0.3) is 0 Å². The Labute approximate surface area is 159 Å². The van der Waals surface area contributed by atoms with Gasteiger partial charge in [0.05, 0.1) is 7.11 Å². The van der Waals surface area contributed by atoms with E-state index in [0.29, 0.717) is 5.56 Å². The highest BCUT2D eigenvalue weighted by atomic mass is 19.1. The summed E-state index contributed by atoms with van der Waals surface area (Å²) in [5.74, 6) is -0.519. The summed E-state index contributed by atoms with van der Waals surface area (Å²) in [4.78, 5) is 14.6. The van der Waals surface area contributed by atoms with Gasteiger partial charge in [0.15, 0.2) is 11.6 Å². The molecule has 0 radical (unpaired) electrons. The van der Waals surface area contributed by atoms with Crippen molar-refractivity contribution in [2.75, 3.05) is 25.5 Å². The number of ether oxygens (including phenoxy) is 1. The van der Waals surface area contributed by atoms with Gasteiger partial charge in [-0.25, -0.2) is 4.39 Å². The van der Waals surface area contributed by atoms with Gasteiger partial charge in [-0.3, -0.25) is 9.69 Å². The number of hydrogen-bond donors (Lipinski definition) is 1. The molecular formula is C22H25FN2O2. The molecule has 0 spiro atoms. The second-order valence-corrected chi connectivity index (χ2v) is 6.75. The summed E-state index contributed by atoms with van der Waals surface area (Å²) < 4.78 is 18.6. The van der Waals surface area contributed by atoms with Crippen molar-refractivity contribution in [2.24, 2.45) is 0 Å². The van der Waals surface area contributed by atoms with E-state index in [1.54, 1.807) is 12.1 Å². The molecule has 0 aromatic heterocycles. The first kappa shape index (κ1) is 19.1. The van der Waals surface area contributed by atoms with E-state index in [0.717, 1.165) is 25.3 Å². The molecule has 5 heteroatoms. The Kier molecular flexibility index (Phi) is 6.60. The van der Waals surface area contributed by atoms with Crippen LogP contribution in [0.5, 0.6) is 5.75 Å². The Morgan fingerprint density at radius 2 is 2.00 bits per heavy atom. The number of anilines is 1. The molecule has 2 aromatic rings. The lowest BCUT2D eigenvalue weighted by Gasteiger charge is -2.26. The molecule has 0 aliphatic carbocycles. The van der Waals surface area contributed by atoms with Crippen molar-refractivity contribution >= 4 is 17.7 Å². The van der Waals surface area contributed by atoms with Gasteiger partial charge in [0.2, 0.25) is 5.91 Å². The average Bonchev–Trinajstić information content (AvgIpc) is 2.67. The predicted octanol–water partition coefficient (Wildman–Crippen LogP) is 4.47. The summed E-state index contributed by atoms with van der Waals surface area (Å²) in [5, 5.41) is 2.86. The molecule has 0 atom stereocenters. The molecule has 1 fully saturated rings. The van der Waals surface area contributed by atoms with Gasteiger partial charge >= 0.3 is 0 Å². The quantitative estimate of drug-likeness (QED) is 0.765. The fraction of sp³-hybridized carbons (Fsp3) is 0.318. The van der Waals surface area contributed by atoms with Gasteiger partial charge in [0.1, 0.15) is 0 Å². The van der Waals surface area contributed by atoms with Crippen LogP contribution in [0.25, 0.3) is 6.08 Å². The zero-order valence-corrected chi connectivity index (χ0v) is 15.6. The van der Waals surface area contributed by atoms with E-state index in [1.165, 1.54) is 50.1 Å². The van der Waals surface area contributed by atoms with Gasteiger partial charge in [-0.05, 0) is 67.4 Å². The summed E-state index contributed by atoms with van der Waals surface area (Å²) in [6.07, 6.45) is 6.81. The fourth-order valence-corrected chi connectivity index (χ4v) is 3.27. The van der Waals surface area contributed by atoms with Crippen molar-refractivity contribution in [3.05, 3.63) is 65.5 Å². The van der Waals surface area contributed by atoms with Gasteiger partial charge in [-0.2, -0.15) is 0 Å². The second-order valence-electron chi connectivity index (χ2n) is 6.75. The molecule has 1 heterocycles. The van der Waals surface area contributed by atoms with Crippen LogP contribution < -0.4 is 10.1 Å². The standard InChI is InChI=1S/C22H25FN2O2/c1-27-21-10-8-17(15-20(21)23)9-11-22(26)24-19-7-5-6-18(14-19)16-25-12-3-2-4-13-25/h5-11,14-15H,2-4,12-13,16H2,1H3,(H,24,26)/b11-9+. The Morgan fingerprint density at radius 3 is 2.74 bits per heavy atom. The maximum absolute atomic E-state index is 13.7.